The molecule has 2 unspecified atom stereocenters. The lowest BCUT2D eigenvalue weighted by Crippen LogP contribution is -2.07. The zero-order chi connectivity index (χ0) is 18.6. The van der Waals surface area contributed by atoms with Gasteiger partial charge >= 0.3 is 0 Å². The maximum Gasteiger partial charge on any atom is -0.0412 e. The summed E-state index contributed by atoms with van der Waals surface area (Å²) in [6, 6.07) is 0. The van der Waals surface area contributed by atoms with Crippen LogP contribution >= 0.6 is 0 Å². The van der Waals surface area contributed by atoms with Crippen LogP contribution in [0.3, 0.4) is 0 Å². The fourth-order valence-corrected chi connectivity index (χ4v) is 4.24. The van der Waals surface area contributed by atoms with Crippen LogP contribution < -0.4 is 0 Å². The van der Waals surface area contributed by atoms with Crippen molar-refractivity contribution in [2.45, 2.75) is 150 Å². The van der Waals surface area contributed by atoms with Crippen molar-refractivity contribution in [1.82, 2.24) is 0 Å². The van der Waals surface area contributed by atoms with Crippen molar-refractivity contribution in [1.29, 1.82) is 0 Å². The second-order valence-corrected chi connectivity index (χ2v) is 8.82. The molecule has 0 fully saturated rings. The van der Waals surface area contributed by atoms with E-state index in [1.165, 1.54) is 122 Å². The SMILES string of the molecule is CCCCCCCCC(CCCCCC)CC(C)CCCCCCC. The van der Waals surface area contributed by atoms with Gasteiger partial charge in [-0.3, -0.25) is 0 Å². The van der Waals surface area contributed by atoms with Gasteiger partial charge in [0.25, 0.3) is 0 Å². The van der Waals surface area contributed by atoms with Crippen molar-refractivity contribution in [2.75, 3.05) is 0 Å². The lowest BCUT2D eigenvalue weighted by molar-refractivity contribution is 0.313. The van der Waals surface area contributed by atoms with Crippen LogP contribution in [0.2, 0.25) is 0 Å². The third kappa shape index (κ3) is 18.6. The molecule has 0 N–H and O–H groups in total. The van der Waals surface area contributed by atoms with Crippen molar-refractivity contribution in [3.63, 3.8) is 0 Å². The smallest absolute Gasteiger partial charge is 0.0412 e. The van der Waals surface area contributed by atoms with E-state index in [9.17, 15) is 0 Å². The molecule has 152 valence electrons. The van der Waals surface area contributed by atoms with Crippen LogP contribution in [0.1, 0.15) is 150 Å². The first-order valence-corrected chi connectivity index (χ1v) is 12.2. The molecule has 0 nitrogen and oxygen atoms in total. The highest BCUT2D eigenvalue weighted by atomic mass is 14.2. The van der Waals surface area contributed by atoms with Gasteiger partial charge in [-0.2, -0.15) is 0 Å². The topological polar surface area (TPSA) is 0 Å². The Kier molecular flexibility index (Phi) is 20.3. The Balaban J connectivity index is 3.92. The molecule has 0 saturated heterocycles. The van der Waals surface area contributed by atoms with Crippen LogP contribution in [0.25, 0.3) is 0 Å². The van der Waals surface area contributed by atoms with Gasteiger partial charge in [-0.15, -0.1) is 0 Å². The molecule has 0 aliphatic rings. The molecule has 0 spiro atoms. The Bertz CT molecular complexity index is 232. The number of unbranched alkanes of at least 4 members (excludes halogenated alkanes) is 12. The lowest BCUT2D eigenvalue weighted by atomic mass is 9.85. The summed E-state index contributed by atoms with van der Waals surface area (Å²) in [5.41, 5.74) is 0. The van der Waals surface area contributed by atoms with E-state index in [1.807, 2.05) is 0 Å². The summed E-state index contributed by atoms with van der Waals surface area (Å²) >= 11 is 0. The lowest BCUT2D eigenvalue weighted by Gasteiger charge is -2.21. The van der Waals surface area contributed by atoms with Gasteiger partial charge in [0.15, 0.2) is 0 Å². The summed E-state index contributed by atoms with van der Waals surface area (Å²) in [6.45, 7) is 9.48. The van der Waals surface area contributed by atoms with Crippen molar-refractivity contribution >= 4 is 0 Å². The monoisotopic (exact) mass is 352 g/mol. The van der Waals surface area contributed by atoms with Crippen LogP contribution in [0.15, 0.2) is 0 Å². The summed E-state index contributed by atoms with van der Waals surface area (Å²) in [6.07, 6.45) is 27.7. The second-order valence-electron chi connectivity index (χ2n) is 8.82. The maximum absolute atomic E-state index is 2.53. The maximum atomic E-state index is 2.53. The Labute approximate surface area is 161 Å². The molecule has 0 bridgehead atoms. The third-order valence-electron chi connectivity index (χ3n) is 5.97. The molecule has 0 heterocycles. The molecule has 0 aromatic rings. The fourth-order valence-electron chi connectivity index (χ4n) is 4.24. The first-order valence-electron chi connectivity index (χ1n) is 12.2. The van der Waals surface area contributed by atoms with Gasteiger partial charge in [0, 0.05) is 0 Å². The van der Waals surface area contributed by atoms with E-state index in [-0.39, 0.29) is 0 Å². The van der Waals surface area contributed by atoms with Gasteiger partial charge in [0.1, 0.15) is 0 Å². The minimum absolute atomic E-state index is 0.956. The summed E-state index contributed by atoms with van der Waals surface area (Å²) in [5, 5.41) is 0. The van der Waals surface area contributed by atoms with Gasteiger partial charge < -0.3 is 0 Å². The van der Waals surface area contributed by atoms with Crippen molar-refractivity contribution < 1.29 is 0 Å². The van der Waals surface area contributed by atoms with Gasteiger partial charge in [-0.25, -0.2) is 0 Å². The van der Waals surface area contributed by atoms with Crippen molar-refractivity contribution in [2.24, 2.45) is 11.8 Å². The molecule has 0 aromatic carbocycles. The van der Waals surface area contributed by atoms with Crippen LogP contribution in [-0.2, 0) is 0 Å². The molecule has 0 rings (SSSR count). The van der Waals surface area contributed by atoms with Crippen LogP contribution in [0.5, 0.6) is 0 Å². The molecular weight excluding hydrogens is 300 g/mol. The average molecular weight is 353 g/mol. The summed E-state index contributed by atoms with van der Waals surface area (Å²) in [4.78, 5) is 0. The number of rotatable bonds is 20. The number of hydrogen-bond acceptors (Lipinski definition) is 0. The van der Waals surface area contributed by atoms with Gasteiger partial charge in [-0.05, 0) is 18.3 Å². The van der Waals surface area contributed by atoms with Gasteiger partial charge in [0.05, 0.1) is 0 Å². The zero-order valence-corrected chi connectivity index (χ0v) is 18.6. The minimum Gasteiger partial charge on any atom is -0.0654 e. The molecule has 0 heteroatoms. The molecule has 0 aliphatic heterocycles. The Morgan fingerprint density at radius 1 is 0.440 bits per heavy atom. The predicted octanol–water partition coefficient (Wildman–Crippen LogP) is 9.71. The van der Waals surface area contributed by atoms with Crippen LogP contribution in [-0.4, -0.2) is 0 Å². The van der Waals surface area contributed by atoms with Gasteiger partial charge in [-0.1, -0.05) is 143 Å². The molecule has 0 aromatic heterocycles. The fraction of sp³-hybridized carbons (Fsp3) is 1.00. The summed E-state index contributed by atoms with van der Waals surface area (Å²) < 4.78 is 0. The molecule has 0 amide bonds. The first-order chi connectivity index (χ1) is 12.2. The largest absolute Gasteiger partial charge is 0.0654 e. The van der Waals surface area contributed by atoms with E-state index in [1.54, 1.807) is 0 Å². The average Bonchev–Trinajstić information content (AvgIpc) is 2.61. The normalized spacial score (nSPS) is 13.9. The highest BCUT2D eigenvalue weighted by Gasteiger charge is 2.13. The van der Waals surface area contributed by atoms with E-state index in [2.05, 4.69) is 27.7 Å². The Morgan fingerprint density at radius 3 is 1.28 bits per heavy atom. The van der Waals surface area contributed by atoms with E-state index < -0.39 is 0 Å². The number of hydrogen-bond donors (Lipinski definition) is 0. The molecule has 0 saturated carbocycles. The minimum atomic E-state index is 0.956. The molecule has 25 heavy (non-hydrogen) atoms. The van der Waals surface area contributed by atoms with Crippen molar-refractivity contribution in [3.8, 4) is 0 Å². The van der Waals surface area contributed by atoms with E-state index in [4.69, 9.17) is 0 Å². The Morgan fingerprint density at radius 2 is 0.800 bits per heavy atom. The highest BCUT2D eigenvalue weighted by Crippen LogP contribution is 2.27. The third-order valence-corrected chi connectivity index (χ3v) is 5.97. The molecule has 0 aliphatic carbocycles. The van der Waals surface area contributed by atoms with E-state index in [0.29, 0.717) is 0 Å². The van der Waals surface area contributed by atoms with Crippen LogP contribution in [0.4, 0.5) is 0 Å². The molecule has 2 atom stereocenters. The standard InChI is InChI=1S/C25H52/c1-5-8-11-14-16-19-22-25(21-18-13-10-7-3)23-24(4)20-17-15-12-9-6-2/h24-25H,5-23H2,1-4H3. The molecular formula is C25H52. The second kappa shape index (κ2) is 20.3. The predicted molar refractivity (Wildman–Crippen MR) is 117 cm³/mol. The Hall–Kier alpha value is 0. The zero-order valence-electron chi connectivity index (χ0n) is 18.6. The first kappa shape index (κ1) is 25.0. The quantitative estimate of drug-likeness (QED) is 0.191. The van der Waals surface area contributed by atoms with Crippen molar-refractivity contribution in [3.05, 3.63) is 0 Å². The van der Waals surface area contributed by atoms with E-state index in [0.717, 1.165) is 11.8 Å². The summed E-state index contributed by atoms with van der Waals surface area (Å²) in [5.74, 6) is 1.98. The van der Waals surface area contributed by atoms with E-state index >= 15 is 0 Å². The molecule has 0 radical (unpaired) electrons. The highest BCUT2D eigenvalue weighted by molar-refractivity contribution is 4.66. The van der Waals surface area contributed by atoms with Crippen LogP contribution in [0, 0.1) is 11.8 Å². The van der Waals surface area contributed by atoms with Gasteiger partial charge in [0.2, 0.25) is 0 Å². The summed E-state index contributed by atoms with van der Waals surface area (Å²) in [7, 11) is 0.